The Labute approximate surface area is 323 Å². The molecule has 0 bridgehead atoms. The molecule has 1 aromatic carbocycles. The second-order valence-corrected chi connectivity index (χ2v) is 14.4. The van der Waals surface area contributed by atoms with Crippen LogP contribution in [-0.2, 0) is 44.8 Å². The van der Waals surface area contributed by atoms with Gasteiger partial charge in [0.25, 0.3) is 0 Å². The largest absolute Gasteiger partial charge is 0.508 e. The van der Waals surface area contributed by atoms with Gasteiger partial charge in [0.05, 0.1) is 19.3 Å². The van der Waals surface area contributed by atoms with Gasteiger partial charge in [-0.05, 0) is 55.7 Å². The van der Waals surface area contributed by atoms with Crippen LogP contribution in [0.15, 0.2) is 24.3 Å². The molecule has 17 nitrogen and oxygen atoms in total. The van der Waals surface area contributed by atoms with Crippen LogP contribution in [-0.4, -0.2) is 123 Å². The number of hydrogen-bond donors (Lipinski definition) is 7. The minimum Gasteiger partial charge on any atom is -0.508 e. The summed E-state index contributed by atoms with van der Waals surface area (Å²) >= 11 is 0. The van der Waals surface area contributed by atoms with E-state index in [-0.39, 0.29) is 37.6 Å². The number of carboxylic acids is 2. The smallest absolute Gasteiger partial charge is 0.326 e. The second-order valence-electron chi connectivity index (χ2n) is 14.4. The third-order valence-corrected chi connectivity index (χ3v) is 9.26. The van der Waals surface area contributed by atoms with Crippen LogP contribution in [0.5, 0.6) is 5.75 Å². The molecule has 0 spiro atoms. The maximum absolute atomic E-state index is 14.0. The molecule has 0 saturated carbocycles. The molecule has 0 fully saturated rings. The maximum atomic E-state index is 14.0. The van der Waals surface area contributed by atoms with E-state index in [2.05, 4.69) is 21.3 Å². The Balaban J connectivity index is 3.44. The molecule has 7 N–H and O–H groups in total. The van der Waals surface area contributed by atoms with Gasteiger partial charge >= 0.3 is 11.9 Å². The number of rotatable bonds is 23. The van der Waals surface area contributed by atoms with Crippen molar-refractivity contribution in [1.82, 2.24) is 31.1 Å². The lowest BCUT2D eigenvalue weighted by Crippen LogP contribution is -2.61. The normalized spacial score (nSPS) is 14.4. The Bertz CT molecular complexity index is 1500. The van der Waals surface area contributed by atoms with Crippen LogP contribution in [0.1, 0.15) is 86.6 Å². The number of carbonyl (C=O) groups excluding carboxylic acids is 6. The number of nitrogens with one attached hydrogen (secondary N) is 4. The minimum absolute atomic E-state index is 0.0224. The molecule has 1 rings (SSSR count). The fourth-order valence-electron chi connectivity index (χ4n) is 5.91. The first kappa shape index (κ1) is 47.8. The highest BCUT2D eigenvalue weighted by atomic mass is 16.4. The average Bonchev–Trinajstić information content (AvgIpc) is 3.10. The Morgan fingerprint density at radius 1 is 0.673 bits per heavy atom. The molecule has 0 radical (unpaired) electrons. The lowest BCUT2D eigenvalue weighted by Gasteiger charge is -2.33. The number of phenols is 1. The number of benzene rings is 1. The van der Waals surface area contributed by atoms with E-state index in [1.807, 2.05) is 0 Å². The van der Waals surface area contributed by atoms with Crippen LogP contribution in [0, 0.1) is 17.8 Å². The summed E-state index contributed by atoms with van der Waals surface area (Å²) < 4.78 is 0. The zero-order chi connectivity index (χ0) is 42.2. The van der Waals surface area contributed by atoms with E-state index in [0.29, 0.717) is 12.0 Å². The first-order valence-corrected chi connectivity index (χ1v) is 18.6. The monoisotopic (exact) mass is 776 g/mol. The van der Waals surface area contributed by atoms with Crippen molar-refractivity contribution >= 4 is 47.4 Å². The van der Waals surface area contributed by atoms with Crippen molar-refractivity contribution < 1.29 is 53.7 Å². The van der Waals surface area contributed by atoms with E-state index in [4.69, 9.17) is 0 Å². The number of carbonyl (C=O) groups is 8. The second kappa shape index (κ2) is 22.9. The summed E-state index contributed by atoms with van der Waals surface area (Å²) in [5, 5.41) is 38.5. The van der Waals surface area contributed by atoms with E-state index in [1.54, 1.807) is 67.5 Å². The summed E-state index contributed by atoms with van der Waals surface area (Å²) in [5.74, 6) is -8.48. The van der Waals surface area contributed by atoms with Gasteiger partial charge in [0, 0.05) is 20.1 Å². The molecule has 1 unspecified atom stereocenters. The van der Waals surface area contributed by atoms with Crippen molar-refractivity contribution in [2.24, 2.45) is 17.8 Å². The van der Waals surface area contributed by atoms with Crippen LogP contribution in [0.4, 0.5) is 0 Å². The molecule has 0 heterocycles. The molecule has 0 aromatic heterocycles. The molecule has 17 heteroatoms. The van der Waals surface area contributed by atoms with E-state index >= 15 is 0 Å². The van der Waals surface area contributed by atoms with Crippen molar-refractivity contribution in [3.63, 3.8) is 0 Å². The third-order valence-electron chi connectivity index (χ3n) is 9.26. The SMILES string of the molecule is CC[C@H](C)[C@H](NC(=O)[C@H](C(C)C)N(C)C(=O)Cc1ccc(O)cc1)C(=O)NC(CC(=O)N(CC)CC)C(=O)N[C@@H](CC(=O)O)C(=O)N[C@@H](CC(C)C)C(=O)O. The number of nitrogens with zero attached hydrogens (tertiary/aromatic N) is 2. The van der Waals surface area contributed by atoms with Gasteiger partial charge in [-0.1, -0.05) is 60.1 Å². The number of phenolic OH excluding ortho intramolecular Hbond substituents is 1. The molecule has 0 aliphatic carbocycles. The van der Waals surface area contributed by atoms with Crippen molar-refractivity contribution in [3.8, 4) is 5.75 Å². The van der Waals surface area contributed by atoms with E-state index < -0.39 is 102 Å². The summed E-state index contributed by atoms with van der Waals surface area (Å²) in [4.78, 5) is 108. The fraction of sp³-hybridized carbons (Fsp3) is 0.632. The molecule has 308 valence electrons. The molecule has 55 heavy (non-hydrogen) atoms. The van der Waals surface area contributed by atoms with Gasteiger partial charge in [-0.15, -0.1) is 0 Å². The van der Waals surface area contributed by atoms with Gasteiger partial charge in [0.15, 0.2) is 0 Å². The Kier molecular flexibility index (Phi) is 19.9. The lowest BCUT2D eigenvalue weighted by atomic mass is 9.95. The van der Waals surface area contributed by atoms with Gasteiger partial charge < -0.3 is 46.4 Å². The van der Waals surface area contributed by atoms with Gasteiger partial charge in [0.2, 0.25) is 35.4 Å². The zero-order valence-electron chi connectivity index (χ0n) is 33.4. The number of amides is 6. The number of likely N-dealkylation sites (N-methyl/N-ethyl adjacent to an activating group) is 1. The zero-order valence-corrected chi connectivity index (χ0v) is 33.4. The predicted molar refractivity (Wildman–Crippen MR) is 202 cm³/mol. The molecule has 0 aliphatic rings. The van der Waals surface area contributed by atoms with Gasteiger partial charge in [-0.25, -0.2) is 4.79 Å². The van der Waals surface area contributed by atoms with Crippen LogP contribution in [0.3, 0.4) is 0 Å². The minimum atomic E-state index is -1.77. The van der Waals surface area contributed by atoms with E-state index in [9.17, 15) is 53.7 Å². The van der Waals surface area contributed by atoms with Gasteiger partial charge in [-0.2, -0.15) is 0 Å². The maximum Gasteiger partial charge on any atom is 0.326 e. The van der Waals surface area contributed by atoms with Crippen LogP contribution >= 0.6 is 0 Å². The van der Waals surface area contributed by atoms with Crippen LogP contribution in [0.25, 0.3) is 0 Å². The predicted octanol–water partition coefficient (Wildman–Crippen LogP) is 1.27. The number of aliphatic carboxylic acids is 2. The molecule has 0 aliphatic heterocycles. The van der Waals surface area contributed by atoms with Crippen molar-refractivity contribution in [3.05, 3.63) is 29.8 Å². The molecule has 6 atom stereocenters. The fourth-order valence-corrected chi connectivity index (χ4v) is 5.91. The Morgan fingerprint density at radius 3 is 1.64 bits per heavy atom. The number of aromatic hydroxyl groups is 1. The highest BCUT2D eigenvalue weighted by Crippen LogP contribution is 2.17. The molecule has 6 amide bonds. The number of carboxylic acid groups (broad SMARTS) is 2. The molecule has 0 saturated heterocycles. The van der Waals surface area contributed by atoms with E-state index in [0.717, 1.165) is 0 Å². The molecule has 1 aromatic rings. The van der Waals surface area contributed by atoms with Crippen molar-refractivity contribution in [1.29, 1.82) is 0 Å². The van der Waals surface area contributed by atoms with Gasteiger partial charge in [-0.3, -0.25) is 33.6 Å². The summed E-state index contributed by atoms with van der Waals surface area (Å²) in [5.41, 5.74) is 0.610. The van der Waals surface area contributed by atoms with Crippen LogP contribution in [0.2, 0.25) is 0 Å². The van der Waals surface area contributed by atoms with Crippen molar-refractivity contribution in [2.75, 3.05) is 20.1 Å². The molecular formula is C38H60N6O11. The summed E-state index contributed by atoms with van der Waals surface area (Å²) in [6, 6.07) is -1.02. The Hall–Kier alpha value is -5.22. The topological polar surface area (TPSA) is 252 Å². The quantitative estimate of drug-likeness (QED) is 0.0834. The Morgan fingerprint density at radius 2 is 1.18 bits per heavy atom. The van der Waals surface area contributed by atoms with Crippen LogP contribution < -0.4 is 21.3 Å². The average molecular weight is 777 g/mol. The summed E-state index contributed by atoms with van der Waals surface area (Å²) in [6.07, 6.45) is -1.17. The third kappa shape index (κ3) is 15.6. The summed E-state index contributed by atoms with van der Waals surface area (Å²) in [7, 11) is 1.47. The first-order chi connectivity index (χ1) is 25.7. The molecular weight excluding hydrogens is 716 g/mol. The van der Waals surface area contributed by atoms with E-state index in [1.165, 1.54) is 29.0 Å². The first-order valence-electron chi connectivity index (χ1n) is 18.6. The van der Waals surface area contributed by atoms with Gasteiger partial charge in [0.1, 0.15) is 36.0 Å². The standard InChI is InChI=1S/C38H60N6O11/c1-10-23(8)32(42-37(53)33(22(6)7)43(9)29(46)18-24-13-15-25(45)16-14-24)36(52)40-26(19-30(47)44(11-2)12-3)34(50)39-27(20-31(48)49)35(51)41-28(38(54)55)17-21(4)5/h13-16,21-23,26-28,32-33,45H,10-12,17-20H2,1-9H3,(H,39,50)(H,40,52)(H,41,51)(H,42,53)(H,48,49)(H,54,55)/t23-,26?,27-,28-,32-,33-/m0/s1. The van der Waals surface area contributed by atoms with Crippen molar-refractivity contribution in [2.45, 2.75) is 118 Å². The number of hydrogen-bond acceptors (Lipinski definition) is 9. The summed E-state index contributed by atoms with van der Waals surface area (Å²) in [6.45, 7) is 14.4. The lowest BCUT2D eigenvalue weighted by molar-refractivity contribution is -0.144. The highest BCUT2D eigenvalue weighted by molar-refractivity contribution is 5.98. The highest BCUT2D eigenvalue weighted by Gasteiger charge is 2.37.